The van der Waals surface area contributed by atoms with Gasteiger partial charge in [0.1, 0.15) is 11.2 Å². The van der Waals surface area contributed by atoms with Gasteiger partial charge in [0.25, 0.3) is 5.56 Å². The molecular weight excluding hydrogens is 338 g/mol. The lowest BCUT2D eigenvalue weighted by Crippen LogP contribution is -2.40. The van der Waals surface area contributed by atoms with Crippen LogP contribution in [-0.2, 0) is 19.6 Å². The average Bonchev–Trinajstić information content (AvgIpc) is 2.97. The van der Waals surface area contributed by atoms with Crippen LogP contribution >= 0.6 is 11.6 Å². The number of benzene rings is 1. The minimum atomic E-state index is 0.000695. The summed E-state index contributed by atoms with van der Waals surface area (Å²) in [6, 6.07) is 7.77. The van der Waals surface area contributed by atoms with Crippen molar-refractivity contribution in [2.24, 2.45) is 5.92 Å². The molecule has 7 heteroatoms. The summed E-state index contributed by atoms with van der Waals surface area (Å²) < 4.78 is 3.60. The first-order chi connectivity index (χ1) is 12.0. The van der Waals surface area contributed by atoms with Crippen molar-refractivity contribution in [2.45, 2.75) is 33.5 Å². The summed E-state index contributed by atoms with van der Waals surface area (Å²) in [5, 5.41) is 5.67. The standard InChI is InChI=1S/C18H20ClN5O/c1-12(2)10-24-17-15(9-20-24)18(25)23-7-6-22(11-16(23)21-17)14-5-3-4-13(19)8-14/h3-5,8-9,12H,6-7,10-11H2,1-2H3. The summed E-state index contributed by atoms with van der Waals surface area (Å²) in [5.41, 5.74) is 1.72. The number of aromatic nitrogens is 4. The quantitative estimate of drug-likeness (QED) is 0.723. The lowest BCUT2D eigenvalue weighted by Gasteiger charge is -2.31. The van der Waals surface area contributed by atoms with Gasteiger partial charge in [0, 0.05) is 30.3 Å². The summed E-state index contributed by atoms with van der Waals surface area (Å²) in [5.74, 6) is 1.21. The molecule has 2 aromatic heterocycles. The van der Waals surface area contributed by atoms with Crippen molar-refractivity contribution >= 4 is 28.3 Å². The summed E-state index contributed by atoms with van der Waals surface area (Å²) in [7, 11) is 0. The number of halogens is 1. The molecule has 3 aromatic rings. The zero-order valence-electron chi connectivity index (χ0n) is 14.3. The number of nitrogens with zero attached hydrogens (tertiary/aromatic N) is 5. The Balaban J connectivity index is 1.76. The predicted octanol–water partition coefficient (Wildman–Crippen LogP) is 2.92. The van der Waals surface area contributed by atoms with Crippen LogP contribution in [0.4, 0.5) is 5.69 Å². The molecule has 1 aliphatic rings. The van der Waals surface area contributed by atoms with E-state index >= 15 is 0 Å². The van der Waals surface area contributed by atoms with Crippen LogP contribution in [-0.4, -0.2) is 25.9 Å². The van der Waals surface area contributed by atoms with E-state index in [1.54, 1.807) is 10.8 Å². The molecule has 0 fully saturated rings. The first-order valence-electron chi connectivity index (χ1n) is 8.48. The SMILES string of the molecule is CC(C)Cn1ncc2c(=O)n3c(nc21)CN(c1cccc(Cl)c1)CC3. The van der Waals surface area contributed by atoms with E-state index in [2.05, 4.69) is 23.8 Å². The highest BCUT2D eigenvalue weighted by molar-refractivity contribution is 6.30. The predicted molar refractivity (Wildman–Crippen MR) is 99.1 cm³/mol. The molecule has 130 valence electrons. The first-order valence-corrected chi connectivity index (χ1v) is 8.86. The van der Waals surface area contributed by atoms with E-state index in [9.17, 15) is 4.79 Å². The third-order valence-electron chi connectivity index (χ3n) is 4.47. The van der Waals surface area contributed by atoms with Gasteiger partial charge in [-0.15, -0.1) is 0 Å². The number of hydrogen-bond donors (Lipinski definition) is 0. The second kappa shape index (κ2) is 6.19. The molecule has 1 aliphatic heterocycles. The third kappa shape index (κ3) is 2.91. The van der Waals surface area contributed by atoms with E-state index in [0.717, 1.165) is 24.6 Å². The van der Waals surface area contributed by atoms with E-state index in [0.29, 0.717) is 35.1 Å². The Labute approximate surface area is 150 Å². The molecule has 0 amide bonds. The zero-order valence-corrected chi connectivity index (χ0v) is 15.1. The van der Waals surface area contributed by atoms with Crippen molar-refractivity contribution in [1.82, 2.24) is 19.3 Å². The molecule has 0 unspecified atom stereocenters. The number of rotatable bonds is 3. The molecule has 1 aromatic carbocycles. The summed E-state index contributed by atoms with van der Waals surface area (Å²) in [6.45, 7) is 6.94. The molecule has 0 N–H and O–H groups in total. The van der Waals surface area contributed by atoms with Gasteiger partial charge >= 0.3 is 0 Å². The Morgan fingerprint density at radius 1 is 1.28 bits per heavy atom. The molecule has 0 saturated carbocycles. The van der Waals surface area contributed by atoms with Gasteiger partial charge in [0.15, 0.2) is 5.65 Å². The highest BCUT2D eigenvalue weighted by Crippen LogP contribution is 2.23. The second-order valence-electron chi connectivity index (χ2n) is 6.84. The Hall–Kier alpha value is -2.34. The highest BCUT2D eigenvalue weighted by Gasteiger charge is 2.22. The van der Waals surface area contributed by atoms with Crippen LogP contribution in [0.1, 0.15) is 19.7 Å². The maximum absolute atomic E-state index is 12.8. The fourth-order valence-corrected chi connectivity index (χ4v) is 3.47. The molecule has 25 heavy (non-hydrogen) atoms. The maximum atomic E-state index is 12.8. The van der Waals surface area contributed by atoms with Crippen LogP contribution in [0.3, 0.4) is 0 Å². The largest absolute Gasteiger partial charge is 0.362 e. The van der Waals surface area contributed by atoms with Gasteiger partial charge in [-0.25, -0.2) is 9.67 Å². The third-order valence-corrected chi connectivity index (χ3v) is 4.71. The molecule has 3 heterocycles. The second-order valence-corrected chi connectivity index (χ2v) is 7.28. The molecule has 0 bridgehead atoms. The summed E-state index contributed by atoms with van der Waals surface area (Å²) in [6.07, 6.45) is 1.64. The van der Waals surface area contributed by atoms with Crippen LogP contribution in [0, 0.1) is 5.92 Å². The molecule has 0 radical (unpaired) electrons. The molecule has 0 atom stereocenters. The number of anilines is 1. The van der Waals surface area contributed by atoms with E-state index < -0.39 is 0 Å². The van der Waals surface area contributed by atoms with E-state index in [4.69, 9.17) is 16.6 Å². The minimum Gasteiger partial charge on any atom is -0.362 e. The van der Waals surface area contributed by atoms with Gasteiger partial charge in [-0.3, -0.25) is 9.36 Å². The van der Waals surface area contributed by atoms with E-state index in [1.807, 2.05) is 28.9 Å². The Kier molecular flexibility index (Phi) is 4.00. The van der Waals surface area contributed by atoms with E-state index in [1.165, 1.54) is 0 Å². The van der Waals surface area contributed by atoms with Gasteiger partial charge < -0.3 is 4.90 Å². The van der Waals surface area contributed by atoms with Crippen molar-refractivity contribution in [3.8, 4) is 0 Å². The lowest BCUT2D eigenvalue weighted by molar-refractivity contribution is 0.488. The Morgan fingerprint density at radius 3 is 2.88 bits per heavy atom. The lowest BCUT2D eigenvalue weighted by atomic mass is 10.2. The van der Waals surface area contributed by atoms with Crippen LogP contribution in [0.25, 0.3) is 11.0 Å². The first kappa shape index (κ1) is 16.1. The average molecular weight is 358 g/mol. The van der Waals surface area contributed by atoms with Crippen LogP contribution < -0.4 is 10.5 Å². The summed E-state index contributed by atoms with van der Waals surface area (Å²) in [4.78, 5) is 19.8. The van der Waals surface area contributed by atoms with Crippen LogP contribution in [0.5, 0.6) is 0 Å². The normalized spacial score (nSPS) is 14.3. The van der Waals surface area contributed by atoms with Gasteiger partial charge in [0.05, 0.1) is 12.7 Å². The van der Waals surface area contributed by atoms with Gasteiger partial charge in [0.2, 0.25) is 0 Å². The van der Waals surface area contributed by atoms with E-state index in [-0.39, 0.29) is 5.56 Å². The van der Waals surface area contributed by atoms with Gasteiger partial charge in [-0.2, -0.15) is 5.10 Å². The molecule has 6 nitrogen and oxygen atoms in total. The van der Waals surface area contributed by atoms with Crippen molar-refractivity contribution < 1.29 is 0 Å². The molecular formula is C18H20ClN5O. The van der Waals surface area contributed by atoms with Crippen LogP contribution in [0.2, 0.25) is 5.02 Å². The fourth-order valence-electron chi connectivity index (χ4n) is 3.29. The Morgan fingerprint density at radius 2 is 2.12 bits per heavy atom. The van der Waals surface area contributed by atoms with Gasteiger partial charge in [-0.05, 0) is 24.1 Å². The van der Waals surface area contributed by atoms with Crippen LogP contribution in [0.15, 0.2) is 35.3 Å². The maximum Gasteiger partial charge on any atom is 0.264 e. The topological polar surface area (TPSA) is 56.0 Å². The molecule has 0 saturated heterocycles. The molecule has 0 aliphatic carbocycles. The zero-order chi connectivity index (χ0) is 17.6. The Bertz CT molecular complexity index is 991. The van der Waals surface area contributed by atoms with Crippen molar-refractivity contribution in [2.75, 3.05) is 11.4 Å². The highest BCUT2D eigenvalue weighted by atomic mass is 35.5. The monoisotopic (exact) mass is 357 g/mol. The van der Waals surface area contributed by atoms with Crippen molar-refractivity contribution in [3.63, 3.8) is 0 Å². The van der Waals surface area contributed by atoms with Gasteiger partial charge in [-0.1, -0.05) is 31.5 Å². The number of fused-ring (bicyclic) bond motifs is 2. The van der Waals surface area contributed by atoms with Crippen molar-refractivity contribution in [3.05, 3.63) is 51.7 Å². The minimum absolute atomic E-state index is 0.000695. The number of hydrogen-bond acceptors (Lipinski definition) is 4. The molecule has 4 rings (SSSR count). The fraction of sp³-hybridized carbons (Fsp3) is 0.389. The van der Waals surface area contributed by atoms with Crippen molar-refractivity contribution in [1.29, 1.82) is 0 Å². The molecule has 0 spiro atoms. The smallest absolute Gasteiger partial charge is 0.264 e. The summed E-state index contributed by atoms with van der Waals surface area (Å²) >= 11 is 6.11.